The van der Waals surface area contributed by atoms with Crippen LogP contribution in [0.4, 0.5) is 0 Å². The molecule has 0 aliphatic carbocycles. The van der Waals surface area contributed by atoms with Crippen LogP contribution in [0.3, 0.4) is 0 Å². The van der Waals surface area contributed by atoms with Gasteiger partial charge in [0.1, 0.15) is 0 Å². The molecule has 0 saturated carbocycles. The number of halogens is 2. The Hall–Kier alpha value is -1.33. The summed E-state index contributed by atoms with van der Waals surface area (Å²) in [5, 5.41) is 20.0. The molecule has 2 aromatic heterocycles. The summed E-state index contributed by atoms with van der Waals surface area (Å²) in [4.78, 5) is 27.7. The molecule has 0 aliphatic rings. The molecular weight excluding hydrogens is 645 g/mol. The fraction of sp³-hybridized carbons (Fsp3) is 0.200. The third-order valence-corrected chi connectivity index (χ3v) is 3.34. The summed E-state index contributed by atoms with van der Waals surface area (Å²) < 4.78 is 2.36. The van der Waals surface area contributed by atoms with E-state index in [0.717, 1.165) is 12.2 Å². The predicted molar refractivity (Wildman–Crippen MR) is 123 cm³/mol. The molecule has 0 N–H and O–H groups in total. The van der Waals surface area contributed by atoms with Crippen molar-refractivity contribution in [3.63, 3.8) is 0 Å². The molecule has 0 fully saturated rings. The average molecular weight is 667 g/mol. The molecular formula is C20H22I2N2NiO4. The Bertz CT molecular complexity index is 682. The number of carbonyl (C=O) groups excluding carboxylic acids is 2. The van der Waals surface area contributed by atoms with Gasteiger partial charge in [0.15, 0.2) is 11.6 Å². The zero-order valence-corrected chi connectivity index (χ0v) is 21.7. The van der Waals surface area contributed by atoms with Gasteiger partial charge in [0.25, 0.3) is 0 Å². The second-order valence-electron chi connectivity index (χ2n) is 5.07. The summed E-state index contributed by atoms with van der Waals surface area (Å²) in [6, 6.07) is 7.85. The minimum Gasteiger partial charge on any atom is -0.876 e. The van der Waals surface area contributed by atoms with Crippen LogP contribution in [0, 0.1) is 7.14 Å². The molecule has 0 bridgehead atoms. The van der Waals surface area contributed by atoms with Crippen molar-refractivity contribution in [2.45, 2.75) is 27.7 Å². The molecule has 29 heavy (non-hydrogen) atoms. The van der Waals surface area contributed by atoms with Crippen LogP contribution in [0.2, 0.25) is 0 Å². The maximum Gasteiger partial charge on any atom is 2.00 e. The second kappa shape index (κ2) is 21.4. The van der Waals surface area contributed by atoms with E-state index in [1.165, 1.54) is 34.8 Å². The standard InChI is InChI=1S/2C5H4IN.2C5H8O2.Ni/c2*6-5-2-1-3-7-4-5;2*1-4(6)3-5(2)7;/h2*1-4H;2*3,6H,1-2H3;/q;;;;+2/p-2/b;;2*4-3-;. The number of allylic oxidation sites excluding steroid dienone is 4. The van der Waals surface area contributed by atoms with Crippen molar-refractivity contribution in [3.05, 3.63) is 79.9 Å². The normalized spacial score (nSPS) is 9.72. The first-order chi connectivity index (χ1) is 13.0. The topological polar surface area (TPSA) is 106 Å². The molecule has 0 aromatic carbocycles. The molecule has 6 nitrogen and oxygen atoms in total. The van der Waals surface area contributed by atoms with E-state index in [0.29, 0.717) is 0 Å². The molecule has 2 rings (SSSR count). The van der Waals surface area contributed by atoms with Gasteiger partial charge in [-0.1, -0.05) is 13.8 Å². The van der Waals surface area contributed by atoms with E-state index >= 15 is 0 Å². The summed E-state index contributed by atoms with van der Waals surface area (Å²) in [6.45, 7) is 5.39. The van der Waals surface area contributed by atoms with Gasteiger partial charge in [0.2, 0.25) is 0 Å². The first-order valence-electron chi connectivity index (χ1n) is 7.87. The molecule has 0 amide bonds. The van der Waals surface area contributed by atoms with Crippen LogP contribution in [-0.4, -0.2) is 21.5 Å². The van der Waals surface area contributed by atoms with Crippen LogP contribution in [0.15, 0.2) is 72.7 Å². The smallest absolute Gasteiger partial charge is 0.876 e. The summed E-state index contributed by atoms with van der Waals surface area (Å²) in [5.74, 6) is -0.750. The van der Waals surface area contributed by atoms with E-state index in [2.05, 4.69) is 55.1 Å². The fourth-order valence-electron chi connectivity index (χ4n) is 1.26. The zero-order valence-electron chi connectivity index (χ0n) is 16.4. The molecule has 0 aliphatic heterocycles. The van der Waals surface area contributed by atoms with Crippen molar-refractivity contribution >= 4 is 56.7 Å². The van der Waals surface area contributed by atoms with E-state index < -0.39 is 0 Å². The van der Waals surface area contributed by atoms with Crippen LogP contribution in [-0.2, 0) is 26.1 Å². The summed E-state index contributed by atoms with van der Waals surface area (Å²) in [5.41, 5.74) is 0. The van der Waals surface area contributed by atoms with Gasteiger partial charge in [0, 0.05) is 31.9 Å². The second-order valence-corrected chi connectivity index (χ2v) is 7.57. The third-order valence-electron chi connectivity index (χ3n) is 2.06. The van der Waals surface area contributed by atoms with Gasteiger partial charge in [-0.2, -0.15) is 0 Å². The maximum atomic E-state index is 9.98. The minimum absolute atomic E-state index is 0. The number of hydrogen-bond donors (Lipinski definition) is 0. The molecule has 160 valence electrons. The van der Waals surface area contributed by atoms with Crippen molar-refractivity contribution in [2.75, 3.05) is 0 Å². The minimum atomic E-state index is -0.187. The van der Waals surface area contributed by atoms with Crippen molar-refractivity contribution in [2.24, 2.45) is 0 Å². The van der Waals surface area contributed by atoms with E-state index in [1.807, 2.05) is 36.7 Å². The number of hydrogen-bond acceptors (Lipinski definition) is 6. The molecule has 0 saturated heterocycles. The van der Waals surface area contributed by atoms with Crippen molar-refractivity contribution in [3.8, 4) is 0 Å². The van der Waals surface area contributed by atoms with E-state index in [-0.39, 0.29) is 39.6 Å². The van der Waals surface area contributed by atoms with Crippen molar-refractivity contribution in [1.82, 2.24) is 9.97 Å². The molecule has 2 heterocycles. The van der Waals surface area contributed by atoms with Gasteiger partial charge in [-0.05, 0) is 95.4 Å². The van der Waals surface area contributed by atoms with E-state index in [1.54, 1.807) is 12.4 Å². The van der Waals surface area contributed by atoms with Crippen molar-refractivity contribution in [1.29, 1.82) is 0 Å². The average Bonchev–Trinajstić information content (AvgIpc) is 2.55. The third kappa shape index (κ3) is 31.6. The number of rotatable bonds is 2. The van der Waals surface area contributed by atoms with Gasteiger partial charge in [-0.15, -0.1) is 11.5 Å². The molecule has 0 spiro atoms. The van der Waals surface area contributed by atoms with Gasteiger partial charge in [0.05, 0.1) is 0 Å². The van der Waals surface area contributed by atoms with Crippen molar-refractivity contribution < 1.29 is 36.3 Å². The van der Waals surface area contributed by atoms with Crippen LogP contribution in [0.25, 0.3) is 0 Å². The number of pyridine rings is 2. The maximum absolute atomic E-state index is 9.98. The van der Waals surface area contributed by atoms with Gasteiger partial charge in [-0.3, -0.25) is 19.6 Å². The van der Waals surface area contributed by atoms with Gasteiger partial charge in [-0.25, -0.2) is 0 Å². The summed E-state index contributed by atoms with van der Waals surface area (Å²) in [6.07, 6.45) is 9.28. The Kier molecular flexibility index (Phi) is 23.8. The monoisotopic (exact) mass is 666 g/mol. The Morgan fingerprint density at radius 3 is 1.17 bits per heavy atom. The number of nitrogens with zero attached hydrogens (tertiary/aromatic N) is 2. The van der Waals surface area contributed by atoms with Crippen LogP contribution >= 0.6 is 45.2 Å². The van der Waals surface area contributed by atoms with E-state index in [4.69, 9.17) is 0 Å². The van der Waals surface area contributed by atoms with E-state index in [9.17, 15) is 19.8 Å². The van der Waals surface area contributed by atoms with Crippen LogP contribution < -0.4 is 10.2 Å². The van der Waals surface area contributed by atoms with Crippen LogP contribution in [0.1, 0.15) is 27.7 Å². The Balaban J connectivity index is -0.000000307. The number of aromatic nitrogens is 2. The quantitative estimate of drug-likeness (QED) is 0.211. The van der Waals surface area contributed by atoms with Gasteiger partial charge < -0.3 is 10.2 Å². The fourth-order valence-corrected chi connectivity index (χ4v) is 1.99. The summed E-state index contributed by atoms with van der Waals surface area (Å²) >= 11 is 4.43. The molecule has 0 atom stereocenters. The van der Waals surface area contributed by atoms with Gasteiger partial charge >= 0.3 is 16.5 Å². The molecule has 2 aromatic rings. The van der Waals surface area contributed by atoms with Crippen LogP contribution in [0.5, 0.6) is 0 Å². The first-order valence-corrected chi connectivity index (χ1v) is 10.0. The Labute approximate surface area is 209 Å². The Morgan fingerprint density at radius 2 is 1.10 bits per heavy atom. The molecule has 9 heteroatoms. The first kappa shape index (κ1) is 32.3. The number of carbonyl (C=O) groups is 2. The zero-order chi connectivity index (χ0) is 21.9. The predicted octanol–water partition coefficient (Wildman–Crippen LogP) is 3.05. The number of ketones is 2. The largest absolute Gasteiger partial charge is 2.00 e. The SMILES string of the molecule is CC(=O)/C=C(/C)[O-].CC(=O)/C=C(/C)[O-].Ic1cccnc1.Ic1cccnc1.[Ni+2]. The summed E-state index contributed by atoms with van der Waals surface area (Å²) in [7, 11) is 0. The molecule has 0 unspecified atom stereocenters. The Morgan fingerprint density at radius 1 is 0.793 bits per heavy atom. The molecule has 0 radical (unpaired) electrons.